The first-order chi connectivity index (χ1) is 9.62. The van der Waals surface area contributed by atoms with Gasteiger partial charge in [0.2, 0.25) is 10.0 Å². The minimum atomic E-state index is -3.77. The molecule has 0 N–H and O–H groups in total. The molecule has 118 valence electrons. The second kappa shape index (κ2) is 5.95. The molecule has 1 aromatic carbocycles. The van der Waals surface area contributed by atoms with Crippen molar-refractivity contribution in [3.63, 3.8) is 0 Å². The molecule has 0 saturated carbocycles. The topological polar surface area (TPSA) is 40.6 Å². The zero-order valence-corrected chi connectivity index (χ0v) is 14.8. The Balaban J connectivity index is 2.19. The molecular weight excluding hydrogens is 359 g/mol. The van der Waals surface area contributed by atoms with Crippen LogP contribution in [-0.4, -0.2) is 49.3 Å². The van der Waals surface area contributed by atoms with Crippen molar-refractivity contribution >= 4 is 26.0 Å². The third-order valence-electron chi connectivity index (χ3n) is 3.70. The standard InChI is InChI=1S/C14H20BrFN2O2S/c1-14(2,3)17-6-8-18(9-7-17)21(19,20)13-5-4-11(15)10-12(13)16/h4-5,10H,6-9H2,1-3H3. The molecule has 21 heavy (non-hydrogen) atoms. The van der Waals surface area contributed by atoms with Crippen LogP contribution in [0.4, 0.5) is 4.39 Å². The first kappa shape index (κ1) is 16.9. The van der Waals surface area contributed by atoms with E-state index in [0.717, 1.165) is 0 Å². The molecule has 2 rings (SSSR count). The van der Waals surface area contributed by atoms with Crippen molar-refractivity contribution in [1.29, 1.82) is 0 Å². The Morgan fingerprint density at radius 2 is 1.71 bits per heavy atom. The van der Waals surface area contributed by atoms with Gasteiger partial charge in [-0.1, -0.05) is 15.9 Å². The maximum absolute atomic E-state index is 13.9. The minimum Gasteiger partial charge on any atom is -0.296 e. The Bertz CT molecular complexity index is 620. The third-order valence-corrected chi connectivity index (χ3v) is 6.12. The van der Waals surface area contributed by atoms with E-state index >= 15 is 0 Å². The van der Waals surface area contributed by atoms with Crippen molar-refractivity contribution < 1.29 is 12.8 Å². The van der Waals surface area contributed by atoms with Crippen LogP contribution in [-0.2, 0) is 10.0 Å². The van der Waals surface area contributed by atoms with E-state index in [4.69, 9.17) is 0 Å². The largest absolute Gasteiger partial charge is 0.296 e. The molecule has 1 saturated heterocycles. The van der Waals surface area contributed by atoms with Crippen LogP contribution in [0.1, 0.15) is 20.8 Å². The highest BCUT2D eigenvalue weighted by atomic mass is 79.9. The lowest BCUT2D eigenvalue weighted by Crippen LogP contribution is -2.54. The van der Waals surface area contributed by atoms with Crippen LogP contribution in [0, 0.1) is 5.82 Å². The number of hydrogen-bond acceptors (Lipinski definition) is 3. The van der Waals surface area contributed by atoms with Gasteiger partial charge in [0, 0.05) is 36.2 Å². The first-order valence-corrected chi connectivity index (χ1v) is 9.06. The van der Waals surface area contributed by atoms with Gasteiger partial charge in [0.15, 0.2) is 0 Å². The van der Waals surface area contributed by atoms with E-state index in [1.807, 2.05) is 0 Å². The van der Waals surface area contributed by atoms with Crippen LogP contribution in [0.25, 0.3) is 0 Å². The van der Waals surface area contributed by atoms with E-state index in [9.17, 15) is 12.8 Å². The van der Waals surface area contributed by atoms with Gasteiger partial charge in [-0.3, -0.25) is 4.90 Å². The smallest absolute Gasteiger partial charge is 0.246 e. The molecule has 1 aliphatic heterocycles. The lowest BCUT2D eigenvalue weighted by atomic mass is 10.1. The van der Waals surface area contributed by atoms with Crippen LogP contribution in [0.5, 0.6) is 0 Å². The van der Waals surface area contributed by atoms with Crippen LogP contribution < -0.4 is 0 Å². The molecule has 0 spiro atoms. The molecule has 0 aliphatic carbocycles. The van der Waals surface area contributed by atoms with E-state index < -0.39 is 15.8 Å². The summed E-state index contributed by atoms with van der Waals surface area (Å²) in [7, 11) is -3.77. The Morgan fingerprint density at radius 3 is 2.19 bits per heavy atom. The molecule has 0 aromatic heterocycles. The fraction of sp³-hybridized carbons (Fsp3) is 0.571. The molecule has 1 heterocycles. The van der Waals surface area contributed by atoms with Crippen LogP contribution in [0.15, 0.2) is 27.6 Å². The fourth-order valence-electron chi connectivity index (χ4n) is 2.42. The highest BCUT2D eigenvalue weighted by Gasteiger charge is 2.33. The van der Waals surface area contributed by atoms with Crippen molar-refractivity contribution in [3.8, 4) is 0 Å². The monoisotopic (exact) mass is 378 g/mol. The quantitative estimate of drug-likeness (QED) is 0.794. The lowest BCUT2D eigenvalue weighted by Gasteiger charge is -2.41. The second-order valence-corrected chi connectivity index (χ2v) is 8.96. The zero-order valence-electron chi connectivity index (χ0n) is 12.4. The van der Waals surface area contributed by atoms with Gasteiger partial charge in [-0.2, -0.15) is 4.31 Å². The molecular formula is C14H20BrFN2O2S. The highest BCUT2D eigenvalue weighted by Crippen LogP contribution is 2.25. The van der Waals surface area contributed by atoms with Crippen molar-refractivity contribution in [2.24, 2.45) is 0 Å². The van der Waals surface area contributed by atoms with Gasteiger partial charge in [-0.05, 0) is 39.0 Å². The Morgan fingerprint density at radius 1 is 1.14 bits per heavy atom. The van der Waals surface area contributed by atoms with Crippen LogP contribution >= 0.6 is 15.9 Å². The summed E-state index contributed by atoms with van der Waals surface area (Å²) in [6.45, 7) is 8.38. The molecule has 7 heteroatoms. The van der Waals surface area contributed by atoms with Crippen molar-refractivity contribution in [2.75, 3.05) is 26.2 Å². The van der Waals surface area contributed by atoms with E-state index in [1.165, 1.54) is 16.4 Å². The predicted octanol–water partition coefficient (Wildman–Crippen LogP) is 2.69. The van der Waals surface area contributed by atoms with Crippen molar-refractivity contribution in [2.45, 2.75) is 31.2 Å². The Labute approximate surface area is 134 Å². The molecule has 0 amide bonds. The molecule has 1 fully saturated rings. The van der Waals surface area contributed by atoms with Crippen LogP contribution in [0.2, 0.25) is 0 Å². The molecule has 1 aromatic rings. The first-order valence-electron chi connectivity index (χ1n) is 6.82. The molecule has 0 bridgehead atoms. The van der Waals surface area contributed by atoms with Gasteiger partial charge in [-0.15, -0.1) is 0 Å². The number of nitrogens with zero attached hydrogens (tertiary/aromatic N) is 2. The van der Waals surface area contributed by atoms with E-state index in [0.29, 0.717) is 30.7 Å². The molecule has 4 nitrogen and oxygen atoms in total. The summed E-state index contributed by atoms with van der Waals surface area (Å²) < 4.78 is 40.9. The van der Waals surface area contributed by atoms with Crippen molar-refractivity contribution in [3.05, 3.63) is 28.5 Å². The minimum absolute atomic E-state index is 0.0126. The summed E-state index contributed by atoms with van der Waals surface area (Å²) in [6, 6.07) is 4.03. The highest BCUT2D eigenvalue weighted by molar-refractivity contribution is 9.10. The number of benzene rings is 1. The number of hydrogen-bond donors (Lipinski definition) is 0. The van der Waals surface area contributed by atoms with Gasteiger partial charge in [0.1, 0.15) is 10.7 Å². The van der Waals surface area contributed by atoms with Crippen LogP contribution in [0.3, 0.4) is 0 Å². The zero-order chi connectivity index (χ0) is 15.8. The Hall–Kier alpha value is -0.500. The van der Waals surface area contributed by atoms with Crippen molar-refractivity contribution in [1.82, 2.24) is 9.21 Å². The third kappa shape index (κ3) is 3.64. The van der Waals surface area contributed by atoms with Gasteiger partial charge in [-0.25, -0.2) is 12.8 Å². The number of sulfonamides is 1. The number of halogens is 2. The summed E-state index contributed by atoms with van der Waals surface area (Å²) in [5, 5.41) is 0. The number of rotatable bonds is 2. The molecule has 0 atom stereocenters. The predicted molar refractivity (Wildman–Crippen MR) is 84.2 cm³/mol. The van der Waals surface area contributed by atoms with E-state index in [2.05, 4.69) is 41.6 Å². The SMILES string of the molecule is CC(C)(C)N1CCN(S(=O)(=O)c2ccc(Br)cc2F)CC1. The summed E-state index contributed by atoms with van der Waals surface area (Å²) >= 11 is 3.13. The summed E-state index contributed by atoms with van der Waals surface area (Å²) in [5.74, 6) is -0.720. The average molecular weight is 379 g/mol. The summed E-state index contributed by atoms with van der Waals surface area (Å²) in [5.41, 5.74) is 0.0126. The van der Waals surface area contributed by atoms with E-state index in [-0.39, 0.29) is 10.4 Å². The fourth-order valence-corrected chi connectivity index (χ4v) is 4.22. The van der Waals surface area contributed by atoms with E-state index in [1.54, 1.807) is 6.07 Å². The summed E-state index contributed by atoms with van der Waals surface area (Å²) in [4.78, 5) is 1.98. The maximum atomic E-state index is 13.9. The average Bonchev–Trinajstić information content (AvgIpc) is 2.37. The normalized spacial score (nSPS) is 18.9. The van der Waals surface area contributed by atoms with Gasteiger partial charge in [0.05, 0.1) is 0 Å². The lowest BCUT2D eigenvalue weighted by molar-refractivity contribution is 0.0921. The molecule has 1 aliphatic rings. The second-order valence-electron chi connectivity index (χ2n) is 6.14. The summed E-state index contributed by atoms with van der Waals surface area (Å²) in [6.07, 6.45) is 0. The van der Waals surface area contributed by atoms with Gasteiger partial charge >= 0.3 is 0 Å². The van der Waals surface area contributed by atoms with Gasteiger partial charge in [0.25, 0.3) is 0 Å². The number of piperazine rings is 1. The Kier molecular flexibility index (Phi) is 4.78. The molecule has 0 unspecified atom stereocenters. The maximum Gasteiger partial charge on any atom is 0.246 e. The molecule has 0 radical (unpaired) electrons. The van der Waals surface area contributed by atoms with Gasteiger partial charge < -0.3 is 0 Å².